The molecule has 0 bridgehead atoms. The van der Waals surface area contributed by atoms with Crippen molar-refractivity contribution in [3.8, 4) is 0 Å². The second kappa shape index (κ2) is 6.55. The topological polar surface area (TPSA) is 29.5 Å². The van der Waals surface area contributed by atoms with Gasteiger partial charge >= 0.3 is 5.97 Å². The van der Waals surface area contributed by atoms with Gasteiger partial charge in [0.25, 0.3) is 0 Å². The highest BCUT2D eigenvalue weighted by atomic mass is 16.5. The van der Waals surface area contributed by atoms with Gasteiger partial charge in [-0.1, -0.05) is 60.7 Å². The van der Waals surface area contributed by atoms with E-state index in [1.165, 1.54) is 11.1 Å². The molecule has 1 unspecified atom stereocenters. The third kappa shape index (κ3) is 3.50. The molecule has 1 fully saturated rings. The molecule has 0 amide bonds. The van der Waals surface area contributed by atoms with Crippen molar-refractivity contribution in [1.82, 2.24) is 4.90 Å². The van der Waals surface area contributed by atoms with E-state index in [0.29, 0.717) is 13.0 Å². The Balaban J connectivity index is 1.75. The number of cyclic esters (lactones) is 1. The summed E-state index contributed by atoms with van der Waals surface area (Å²) in [6.45, 7) is 2.06. The van der Waals surface area contributed by atoms with Crippen molar-refractivity contribution in [2.75, 3.05) is 13.2 Å². The molecule has 2 aromatic rings. The smallest absolute Gasteiger partial charge is 0.323 e. The predicted octanol–water partition coefficient (Wildman–Crippen LogP) is 2.66. The van der Waals surface area contributed by atoms with Crippen LogP contribution in [-0.4, -0.2) is 30.1 Å². The second-order valence-corrected chi connectivity index (χ2v) is 5.33. The molecule has 0 aliphatic carbocycles. The molecule has 0 aromatic heterocycles. The van der Waals surface area contributed by atoms with E-state index in [2.05, 4.69) is 29.2 Å². The summed E-state index contributed by atoms with van der Waals surface area (Å²) in [6.07, 6.45) is 0.701. The molecule has 3 heteroatoms. The molecule has 0 saturated carbocycles. The van der Waals surface area contributed by atoms with Crippen molar-refractivity contribution in [3.63, 3.8) is 0 Å². The van der Waals surface area contributed by atoms with Gasteiger partial charge in [0.15, 0.2) is 0 Å². The van der Waals surface area contributed by atoms with E-state index in [-0.39, 0.29) is 12.0 Å². The first kappa shape index (κ1) is 13.8. The molecule has 3 rings (SSSR count). The van der Waals surface area contributed by atoms with Crippen LogP contribution in [0, 0.1) is 0 Å². The van der Waals surface area contributed by atoms with Crippen LogP contribution in [0.4, 0.5) is 0 Å². The Labute approximate surface area is 125 Å². The first-order chi connectivity index (χ1) is 10.3. The third-order valence-corrected chi connectivity index (χ3v) is 3.84. The van der Waals surface area contributed by atoms with Gasteiger partial charge in [0.05, 0.1) is 0 Å². The number of benzene rings is 2. The van der Waals surface area contributed by atoms with Gasteiger partial charge < -0.3 is 4.74 Å². The summed E-state index contributed by atoms with van der Waals surface area (Å²) in [6, 6.07) is 20.2. The van der Waals surface area contributed by atoms with Gasteiger partial charge in [-0.3, -0.25) is 9.69 Å². The van der Waals surface area contributed by atoms with Gasteiger partial charge in [0, 0.05) is 13.1 Å². The van der Waals surface area contributed by atoms with E-state index < -0.39 is 0 Å². The molecule has 108 valence electrons. The Bertz CT molecular complexity index is 583. The van der Waals surface area contributed by atoms with Crippen molar-refractivity contribution in [2.24, 2.45) is 0 Å². The lowest BCUT2D eigenvalue weighted by atomic mass is 10.0. The highest BCUT2D eigenvalue weighted by Gasteiger charge is 2.31. The van der Waals surface area contributed by atoms with Gasteiger partial charge in [-0.15, -0.1) is 0 Å². The van der Waals surface area contributed by atoms with Gasteiger partial charge in [0.1, 0.15) is 12.6 Å². The minimum atomic E-state index is -0.193. The molecule has 1 aliphatic heterocycles. The number of esters is 1. The number of hydrogen-bond donors (Lipinski definition) is 0. The zero-order valence-corrected chi connectivity index (χ0v) is 11.9. The molecule has 1 saturated heterocycles. The van der Waals surface area contributed by atoms with Crippen LogP contribution in [0.3, 0.4) is 0 Å². The monoisotopic (exact) mass is 281 g/mol. The van der Waals surface area contributed by atoms with Crippen LogP contribution in [0.15, 0.2) is 60.7 Å². The lowest BCUT2D eigenvalue weighted by Gasteiger charge is -2.34. The van der Waals surface area contributed by atoms with Crippen molar-refractivity contribution in [2.45, 2.75) is 19.0 Å². The summed E-state index contributed by atoms with van der Waals surface area (Å²) in [5, 5.41) is 0. The van der Waals surface area contributed by atoms with E-state index >= 15 is 0 Å². The summed E-state index contributed by atoms with van der Waals surface area (Å²) < 4.78 is 5.25. The minimum absolute atomic E-state index is 0.110. The zero-order valence-electron chi connectivity index (χ0n) is 11.9. The minimum Gasteiger partial charge on any atom is -0.463 e. The van der Waals surface area contributed by atoms with Crippen LogP contribution in [0.5, 0.6) is 0 Å². The van der Waals surface area contributed by atoms with E-state index in [1.54, 1.807) is 0 Å². The average Bonchev–Trinajstić information content (AvgIpc) is 2.53. The number of carbonyl (C=O) groups excluding carboxylic acids is 1. The van der Waals surface area contributed by atoms with Crippen molar-refractivity contribution in [1.29, 1.82) is 0 Å². The Kier molecular flexibility index (Phi) is 4.31. The number of hydrogen-bond acceptors (Lipinski definition) is 3. The molecular formula is C18H19NO2. The summed E-state index contributed by atoms with van der Waals surface area (Å²) >= 11 is 0. The van der Waals surface area contributed by atoms with Crippen molar-refractivity contribution in [3.05, 3.63) is 71.8 Å². The quantitative estimate of drug-likeness (QED) is 0.807. The Morgan fingerprint density at radius 2 is 1.57 bits per heavy atom. The number of nitrogens with zero attached hydrogens (tertiary/aromatic N) is 1. The molecule has 21 heavy (non-hydrogen) atoms. The molecule has 0 radical (unpaired) electrons. The number of ether oxygens (including phenoxy) is 1. The van der Waals surface area contributed by atoms with Gasteiger partial charge in [-0.05, 0) is 17.5 Å². The normalized spacial score (nSPS) is 19.2. The van der Waals surface area contributed by atoms with Gasteiger partial charge in [-0.25, -0.2) is 0 Å². The van der Waals surface area contributed by atoms with Crippen LogP contribution in [0.1, 0.15) is 11.1 Å². The molecule has 2 aromatic carbocycles. The first-order valence-electron chi connectivity index (χ1n) is 7.31. The predicted molar refractivity (Wildman–Crippen MR) is 81.7 cm³/mol. The Hall–Kier alpha value is -2.13. The van der Waals surface area contributed by atoms with E-state index in [0.717, 1.165) is 13.1 Å². The highest BCUT2D eigenvalue weighted by Crippen LogP contribution is 2.17. The number of carbonyl (C=O) groups is 1. The van der Waals surface area contributed by atoms with Crippen LogP contribution in [-0.2, 0) is 22.5 Å². The number of morpholine rings is 1. The fourth-order valence-corrected chi connectivity index (χ4v) is 2.72. The maximum Gasteiger partial charge on any atom is 0.323 e. The Morgan fingerprint density at radius 1 is 0.952 bits per heavy atom. The van der Waals surface area contributed by atoms with E-state index in [9.17, 15) is 4.79 Å². The van der Waals surface area contributed by atoms with E-state index in [4.69, 9.17) is 4.74 Å². The van der Waals surface area contributed by atoms with E-state index in [1.807, 2.05) is 36.4 Å². The fourth-order valence-electron chi connectivity index (χ4n) is 2.72. The molecule has 0 N–H and O–H groups in total. The van der Waals surface area contributed by atoms with Crippen LogP contribution in [0.2, 0.25) is 0 Å². The first-order valence-corrected chi connectivity index (χ1v) is 7.31. The average molecular weight is 281 g/mol. The van der Waals surface area contributed by atoms with Crippen LogP contribution >= 0.6 is 0 Å². The second-order valence-electron chi connectivity index (χ2n) is 5.33. The lowest BCUT2D eigenvalue weighted by molar-refractivity contribution is -0.157. The van der Waals surface area contributed by atoms with Crippen LogP contribution in [0.25, 0.3) is 0 Å². The summed E-state index contributed by atoms with van der Waals surface area (Å²) in [5.74, 6) is -0.110. The summed E-state index contributed by atoms with van der Waals surface area (Å²) in [4.78, 5) is 14.4. The summed E-state index contributed by atoms with van der Waals surface area (Å²) in [7, 11) is 0. The Morgan fingerprint density at radius 3 is 2.24 bits per heavy atom. The highest BCUT2D eigenvalue weighted by molar-refractivity contribution is 5.76. The lowest BCUT2D eigenvalue weighted by Crippen LogP contribution is -2.49. The maximum atomic E-state index is 12.1. The molecule has 1 heterocycles. The SMILES string of the molecule is O=C1OCCN(Cc2ccccc2)C1Cc1ccccc1. The zero-order chi connectivity index (χ0) is 14.5. The largest absolute Gasteiger partial charge is 0.463 e. The molecule has 1 aliphatic rings. The maximum absolute atomic E-state index is 12.1. The van der Waals surface area contributed by atoms with Crippen LogP contribution < -0.4 is 0 Å². The standard InChI is InChI=1S/C18H19NO2/c20-18-17(13-15-7-3-1-4-8-15)19(11-12-21-18)14-16-9-5-2-6-10-16/h1-10,17H,11-14H2. The molecule has 1 atom stereocenters. The molecule has 0 spiro atoms. The summed E-state index contributed by atoms with van der Waals surface area (Å²) in [5.41, 5.74) is 2.39. The van der Waals surface area contributed by atoms with Crippen molar-refractivity contribution < 1.29 is 9.53 Å². The molecular weight excluding hydrogens is 262 g/mol. The van der Waals surface area contributed by atoms with Crippen molar-refractivity contribution >= 4 is 5.97 Å². The molecule has 3 nitrogen and oxygen atoms in total. The van der Waals surface area contributed by atoms with Gasteiger partial charge in [-0.2, -0.15) is 0 Å². The fraction of sp³-hybridized carbons (Fsp3) is 0.278. The third-order valence-electron chi connectivity index (χ3n) is 3.84. The number of rotatable bonds is 4. The van der Waals surface area contributed by atoms with Gasteiger partial charge in [0.2, 0.25) is 0 Å².